The Kier molecular flexibility index (Phi) is 4.79. The minimum atomic E-state index is -0.947. The minimum Gasteiger partial charge on any atom is -0.478 e. The number of aromatic carboxylic acids is 1. The molecule has 1 atom stereocenters. The van der Waals surface area contributed by atoms with Crippen LogP contribution in [0.5, 0.6) is 0 Å². The maximum atomic E-state index is 13.3. The number of furan rings is 1. The highest BCUT2D eigenvalue weighted by molar-refractivity contribution is 6.10. The number of fused-ring (bicyclic) bond motifs is 1. The van der Waals surface area contributed by atoms with Gasteiger partial charge in [-0.05, 0) is 43.9 Å². The number of Topliss-reactive ketones (excluding diaryl/α,β-unsaturated/α-hetero) is 1. The van der Waals surface area contributed by atoms with Crippen molar-refractivity contribution >= 4 is 17.7 Å². The van der Waals surface area contributed by atoms with Crippen LogP contribution in [0.15, 0.2) is 28.7 Å². The molecule has 0 unspecified atom stereocenters. The lowest BCUT2D eigenvalue weighted by Gasteiger charge is -2.33. The zero-order chi connectivity index (χ0) is 19.8. The van der Waals surface area contributed by atoms with Crippen molar-refractivity contribution in [2.75, 3.05) is 13.1 Å². The maximum Gasteiger partial charge on any atom is 0.335 e. The van der Waals surface area contributed by atoms with Crippen molar-refractivity contribution in [3.05, 3.63) is 58.0 Å². The molecule has 146 valence electrons. The van der Waals surface area contributed by atoms with E-state index in [1.165, 1.54) is 0 Å². The predicted molar refractivity (Wildman–Crippen MR) is 102 cm³/mol. The van der Waals surface area contributed by atoms with Crippen LogP contribution in [0, 0.1) is 6.92 Å². The van der Waals surface area contributed by atoms with E-state index in [9.17, 15) is 14.4 Å². The fourth-order valence-electron chi connectivity index (χ4n) is 4.35. The second kappa shape index (κ2) is 7.26. The Morgan fingerprint density at radius 2 is 1.89 bits per heavy atom. The van der Waals surface area contributed by atoms with E-state index in [4.69, 9.17) is 9.52 Å². The third kappa shape index (κ3) is 3.23. The molecule has 1 saturated heterocycles. The first-order valence-corrected chi connectivity index (χ1v) is 9.73. The number of hydrogen-bond donors (Lipinski definition) is 1. The Hall–Kier alpha value is -2.89. The van der Waals surface area contributed by atoms with Crippen molar-refractivity contribution in [2.45, 2.75) is 44.9 Å². The lowest BCUT2D eigenvalue weighted by Crippen LogP contribution is -2.39. The third-order valence-electron chi connectivity index (χ3n) is 5.80. The highest BCUT2D eigenvalue weighted by Gasteiger charge is 2.34. The second-order valence-electron chi connectivity index (χ2n) is 7.63. The molecular weight excluding hydrogens is 358 g/mol. The molecule has 1 fully saturated rings. The van der Waals surface area contributed by atoms with Gasteiger partial charge in [0.05, 0.1) is 16.7 Å². The van der Waals surface area contributed by atoms with Gasteiger partial charge in [-0.25, -0.2) is 4.79 Å². The van der Waals surface area contributed by atoms with Crippen LogP contribution < -0.4 is 0 Å². The van der Waals surface area contributed by atoms with E-state index in [0.717, 1.165) is 24.8 Å². The number of aryl methyl sites for hydroxylation is 2. The van der Waals surface area contributed by atoms with Crippen LogP contribution in [0.3, 0.4) is 0 Å². The van der Waals surface area contributed by atoms with Crippen LogP contribution in [-0.4, -0.2) is 40.8 Å². The van der Waals surface area contributed by atoms with Crippen LogP contribution in [-0.2, 0) is 6.42 Å². The van der Waals surface area contributed by atoms with Crippen molar-refractivity contribution in [1.29, 1.82) is 0 Å². The van der Waals surface area contributed by atoms with Gasteiger partial charge in [0.1, 0.15) is 11.5 Å². The van der Waals surface area contributed by atoms with Crippen LogP contribution in [0.4, 0.5) is 0 Å². The molecule has 2 heterocycles. The minimum absolute atomic E-state index is 0.000677. The molecule has 0 bridgehead atoms. The van der Waals surface area contributed by atoms with E-state index in [-0.39, 0.29) is 23.2 Å². The molecule has 6 heteroatoms. The molecule has 1 aromatic carbocycles. The topological polar surface area (TPSA) is 87.8 Å². The lowest BCUT2D eigenvalue weighted by atomic mass is 9.89. The molecule has 28 heavy (non-hydrogen) atoms. The van der Waals surface area contributed by atoms with Gasteiger partial charge in [-0.3, -0.25) is 9.59 Å². The number of carboxylic acids is 1. The standard InChI is InChI=1S/C22H23NO5/c1-13-19(20-17(24)5-2-6-18(20)28-13)21(25)23-11-3-4-16(12-23)14-7-9-15(10-8-14)22(26)27/h7-10,16H,2-6,11-12H2,1H3,(H,26,27)/t16-/m0/s1. The first-order chi connectivity index (χ1) is 13.5. The van der Waals surface area contributed by atoms with Gasteiger partial charge in [-0.15, -0.1) is 0 Å². The number of ketones is 1. The number of likely N-dealkylation sites (tertiary alicyclic amines) is 1. The Morgan fingerprint density at radius 1 is 1.14 bits per heavy atom. The number of carbonyl (C=O) groups excluding carboxylic acids is 2. The van der Waals surface area contributed by atoms with Gasteiger partial charge in [-0.1, -0.05) is 12.1 Å². The number of benzene rings is 1. The molecule has 1 amide bonds. The summed E-state index contributed by atoms with van der Waals surface area (Å²) < 4.78 is 5.74. The fraction of sp³-hybridized carbons (Fsp3) is 0.409. The predicted octanol–water partition coefficient (Wildman–Crippen LogP) is 3.83. The quantitative estimate of drug-likeness (QED) is 0.873. The van der Waals surface area contributed by atoms with Gasteiger partial charge in [0.2, 0.25) is 0 Å². The van der Waals surface area contributed by atoms with Crippen LogP contribution in [0.2, 0.25) is 0 Å². The fourth-order valence-corrected chi connectivity index (χ4v) is 4.35. The summed E-state index contributed by atoms with van der Waals surface area (Å²) in [6.07, 6.45) is 3.74. The maximum absolute atomic E-state index is 13.3. The Labute approximate surface area is 163 Å². The molecule has 4 rings (SSSR count). The Bertz CT molecular complexity index is 941. The monoisotopic (exact) mass is 381 g/mol. The van der Waals surface area contributed by atoms with Crippen molar-refractivity contribution in [2.24, 2.45) is 0 Å². The highest BCUT2D eigenvalue weighted by Crippen LogP contribution is 2.33. The molecule has 1 aromatic heterocycles. The van der Waals surface area contributed by atoms with Crippen molar-refractivity contribution < 1.29 is 23.9 Å². The second-order valence-corrected chi connectivity index (χ2v) is 7.63. The van der Waals surface area contributed by atoms with E-state index in [1.54, 1.807) is 24.0 Å². The average Bonchev–Trinajstić information content (AvgIpc) is 3.05. The number of rotatable bonds is 3. The van der Waals surface area contributed by atoms with Crippen LogP contribution in [0.25, 0.3) is 0 Å². The molecule has 1 N–H and O–H groups in total. The Balaban J connectivity index is 1.57. The van der Waals surface area contributed by atoms with E-state index >= 15 is 0 Å². The summed E-state index contributed by atoms with van der Waals surface area (Å²) in [5.74, 6) is 0.244. The van der Waals surface area contributed by atoms with Gasteiger partial charge in [0.25, 0.3) is 5.91 Å². The molecular formula is C22H23NO5. The van der Waals surface area contributed by atoms with E-state index in [0.29, 0.717) is 48.6 Å². The molecule has 6 nitrogen and oxygen atoms in total. The third-order valence-corrected chi connectivity index (χ3v) is 5.80. The van der Waals surface area contributed by atoms with Crippen molar-refractivity contribution in [3.63, 3.8) is 0 Å². The van der Waals surface area contributed by atoms with Crippen molar-refractivity contribution in [3.8, 4) is 0 Å². The van der Waals surface area contributed by atoms with E-state index in [1.807, 2.05) is 12.1 Å². The molecule has 2 aromatic rings. The lowest BCUT2D eigenvalue weighted by molar-refractivity contribution is 0.0692. The average molecular weight is 381 g/mol. The summed E-state index contributed by atoms with van der Waals surface area (Å²) in [7, 11) is 0. The number of hydrogen-bond acceptors (Lipinski definition) is 4. The molecule has 1 aliphatic heterocycles. The summed E-state index contributed by atoms with van der Waals surface area (Å²) >= 11 is 0. The van der Waals surface area contributed by atoms with Gasteiger partial charge >= 0.3 is 5.97 Å². The first-order valence-electron chi connectivity index (χ1n) is 9.73. The van der Waals surface area contributed by atoms with Gasteiger partial charge in [-0.2, -0.15) is 0 Å². The van der Waals surface area contributed by atoms with Gasteiger partial charge in [0, 0.05) is 31.8 Å². The zero-order valence-corrected chi connectivity index (χ0v) is 15.9. The number of piperidine rings is 1. The number of carboxylic acid groups (broad SMARTS) is 1. The summed E-state index contributed by atoms with van der Waals surface area (Å²) in [6.45, 7) is 2.96. The van der Waals surface area contributed by atoms with Gasteiger partial charge in [0.15, 0.2) is 5.78 Å². The molecule has 1 aliphatic carbocycles. The van der Waals surface area contributed by atoms with Crippen molar-refractivity contribution in [1.82, 2.24) is 4.90 Å². The molecule has 2 aliphatic rings. The number of carbonyl (C=O) groups is 3. The largest absolute Gasteiger partial charge is 0.478 e. The normalized spacial score (nSPS) is 19.4. The van der Waals surface area contributed by atoms with E-state index in [2.05, 4.69) is 0 Å². The SMILES string of the molecule is Cc1oc2c(c1C(=O)N1CCC[C@H](c3ccc(C(=O)O)cc3)C1)C(=O)CCC2. The van der Waals surface area contributed by atoms with Crippen LogP contribution >= 0.6 is 0 Å². The van der Waals surface area contributed by atoms with E-state index < -0.39 is 5.97 Å². The summed E-state index contributed by atoms with van der Waals surface area (Å²) in [5.41, 5.74) is 2.21. The van der Waals surface area contributed by atoms with Gasteiger partial charge < -0.3 is 14.4 Å². The zero-order valence-electron chi connectivity index (χ0n) is 15.9. The molecule has 0 radical (unpaired) electrons. The molecule has 0 saturated carbocycles. The first kappa shape index (κ1) is 18.5. The smallest absolute Gasteiger partial charge is 0.335 e. The Morgan fingerprint density at radius 3 is 2.61 bits per heavy atom. The number of nitrogens with zero attached hydrogens (tertiary/aromatic N) is 1. The summed E-state index contributed by atoms with van der Waals surface area (Å²) in [6, 6.07) is 6.87. The number of amides is 1. The van der Waals surface area contributed by atoms with Crippen LogP contribution in [0.1, 0.15) is 79.8 Å². The summed E-state index contributed by atoms with van der Waals surface area (Å²) in [4.78, 5) is 38.5. The summed E-state index contributed by atoms with van der Waals surface area (Å²) in [5, 5.41) is 9.06. The highest BCUT2D eigenvalue weighted by atomic mass is 16.4. The molecule has 0 spiro atoms.